The normalized spacial score (nSPS) is 11.1. The Bertz CT molecular complexity index is 1080. The molecule has 2 amide bonds. The zero-order valence-corrected chi connectivity index (χ0v) is 18.0. The molecule has 0 fully saturated rings. The standard InChI is InChI=1S/C22H20ClN3O3S/c1-14-11-17(23)8-9-19(14)29-13-21(27)26-25-15(2)16-5-3-6-18(12-16)24-22(28)20-7-4-10-30-20/h3-12H,13H2,1-2H3,(H,24,28)(H,26,27). The van der Waals surface area contributed by atoms with Crippen LogP contribution < -0.4 is 15.5 Å². The number of carbonyl (C=O) groups excluding carboxylic acids is 2. The summed E-state index contributed by atoms with van der Waals surface area (Å²) in [5.41, 5.74) is 5.33. The second-order valence-corrected chi connectivity index (χ2v) is 7.83. The summed E-state index contributed by atoms with van der Waals surface area (Å²) in [6.07, 6.45) is 0. The van der Waals surface area contributed by atoms with Crippen LogP contribution in [-0.2, 0) is 4.79 Å². The maximum absolute atomic E-state index is 12.2. The fourth-order valence-electron chi connectivity index (χ4n) is 2.58. The van der Waals surface area contributed by atoms with Crippen LogP contribution in [0.4, 0.5) is 5.69 Å². The number of carbonyl (C=O) groups is 2. The van der Waals surface area contributed by atoms with E-state index >= 15 is 0 Å². The first kappa shape index (κ1) is 21.5. The van der Waals surface area contributed by atoms with Gasteiger partial charge in [0, 0.05) is 10.7 Å². The quantitative estimate of drug-likeness (QED) is 0.405. The molecule has 8 heteroatoms. The summed E-state index contributed by atoms with van der Waals surface area (Å²) < 4.78 is 5.50. The fourth-order valence-corrected chi connectivity index (χ4v) is 3.43. The molecular formula is C22H20ClN3O3S. The van der Waals surface area contributed by atoms with Crippen molar-refractivity contribution in [3.8, 4) is 5.75 Å². The third-order valence-electron chi connectivity index (χ3n) is 4.13. The number of nitrogens with zero attached hydrogens (tertiary/aromatic N) is 1. The lowest BCUT2D eigenvalue weighted by Crippen LogP contribution is -2.25. The van der Waals surface area contributed by atoms with E-state index in [9.17, 15) is 9.59 Å². The first-order chi connectivity index (χ1) is 14.4. The molecule has 0 aliphatic rings. The van der Waals surface area contributed by atoms with Crippen LogP contribution in [0.1, 0.15) is 27.7 Å². The minimum Gasteiger partial charge on any atom is -0.483 e. The van der Waals surface area contributed by atoms with Gasteiger partial charge in [0.2, 0.25) is 0 Å². The molecule has 30 heavy (non-hydrogen) atoms. The SMILES string of the molecule is CC(=NNC(=O)COc1ccc(Cl)cc1C)c1cccc(NC(=O)c2cccs2)c1. The predicted molar refractivity (Wildman–Crippen MR) is 121 cm³/mol. The van der Waals surface area contributed by atoms with Crippen molar-refractivity contribution in [3.05, 3.63) is 81.0 Å². The van der Waals surface area contributed by atoms with Crippen LogP contribution in [0.5, 0.6) is 5.75 Å². The average molecular weight is 442 g/mol. The highest BCUT2D eigenvalue weighted by Crippen LogP contribution is 2.21. The maximum atomic E-state index is 12.2. The van der Waals surface area contributed by atoms with E-state index in [1.807, 2.05) is 30.5 Å². The number of rotatable bonds is 7. The van der Waals surface area contributed by atoms with Crippen molar-refractivity contribution in [2.75, 3.05) is 11.9 Å². The Morgan fingerprint density at radius 3 is 2.70 bits per heavy atom. The van der Waals surface area contributed by atoms with Gasteiger partial charge in [-0.15, -0.1) is 11.3 Å². The number of aryl methyl sites for hydroxylation is 1. The number of nitrogens with one attached hydrogen (secondary N) is 2. The summed E-state index contributed by atoms with van der Waals surface area (Å²) >= 11 is 7.29. The van der Waals surface area contributed by atoms with E-state index in [1.165, 1.54) is 11.3 Å². The molecule has 0 saturated carbocycles. The minimum atomic E-state index is -0.383. The monoisotopic (exact) mass is 441 g/mol. The number of hydrogen-bond donors (Lipinski definition) is 2. The molecule has 3 aromatic rings. The molecule has 154 valence electrons. The highest BCUT2D eigenvalue weighted by Gasteiger charge is 2.09. The van der Waals surface area contributed by atoms with Crippen molar-refractivity contribution in [2.45, 2.75) is 13.8 Å². The lowest BCUT2D eigenvalue weighted by molar-refractivity contribution is -0.123. The molecule has 1 aromatic heterocycles. The van der Waals surface area contributed by atoms with Gasteiger partial charge in [-0.2, -0.15) is 5.10 Å². The van der Waals surface area contributed by atoms with E-state index in [0.29, 0.717) is 27.0 Å². The molecule has 0 aliphatic heterocycles. The van der Waals surface area contributed by atoms with Crippen molar-refractivity contribution in [2.24, 2.45) is 5.10 Å². The zero-order chi connectivity index (χ0) is 21.5. The van der Waals surface area contributed by atoms with E-state index in [4.69, 9.17) is 16.3 Å². The summed E-state index contributed by atoms with van der Waals surface area (Å²) in [4.78, 5) is 24.9. The van der Waals surface area contributed by atoms with Crippen LogP contribution in [-0.4, -0.2) is 24.1 Å². The number of hydrazone groups is 1. The van der Waals surface area contributed by atoms with Gasteiger partial charge in [0.15, 0.2) is 6.61 Å². The highest BCUT2D eigenvalue weighted by molar-refractivity contribution is 7.12. The van der Waals surface area contributed by atoms with Crippen LogP contribution in [0.15, 0.2) is 65.1 Å². The van der Waals surface area contributed by atoms with Crippen LogP contribution in [0.3, 0.4) is 0 Å². The molecule has 1 heterocycles. The predicted octanol–water partition coefficient (Wildman–Crippen LogP) is 4.88. The molecule has 2 N–H and O–H groups in total. The highest BCUT2D eigenvalue weighted by atomic mass is 35.5. The van der Waals surface area contributed by atoms with Gasteiger partial charge in [0.25, 0.3) is 11.8 Å². The molecular weight excluding hydrogens is 422 g/mol. The van der Waals surface area contributed by atoms with Crippen LogP contribution in [0, 0.1) is 6.92 Å². The van der Waals surface area contributed by atoms with Crippen molar-refractivity contribution in [3.63, 3.8) is 0 Å². The molecule has 0 aliphatic carbocycles. The maximum Gasteiger partial charge on any atom is 0.277 e. The molecule has 6 nitrogen and oxygen atoms in total. The van der Waals surface area contributed by atoms with Gasteiger partial charge in [0.1, 0.15) is 5.75 Å². The third-order valence-corrected chi connectivity index (χ3v) is 5.23. The first-order valence-electron chi connectivity index (χ1n) is 9.10. The zero-order valence-electron chi connectivity index (χ0n) is 16.4. The Morgan fingerprint density at radius 1 is 1.13 bits per heavy atom. The van der Waals surface area contributed by atoms with E-state index in [0.717, 1.165) is 11.1 Å². The number of halogens is 1. The molecule has 3 rings (SSSR count). The molecule has 0 saturated heterocycles. The number of ether oxygens (including phenoxy) is 1. The number of benzene rings is 2. The molecule has 0 atom stereocenters. The minimum absolute atomic E-state index is 0.167. The number of thiophene rings is 1. The smallest absolute Gasteiger partial charge is 0.277 e. The Morgan fingerprint density at radius 2 is 1.97 bits per heavy atom. The van der Waals surface area contributed by atoms with Gasteiger partial charge in [-0.05, 0) is 66.8 Å². The van der Waals surface area contributed by atoms with Gasteiger partial charge in [-0.3, -0.25) is 9.59 Å². The van der Waals surface area contributed by atoms with E-state index in [-0.39, 0.29) is 18.4 Å². The van der Waals surface area contributed by atoms with Crippen molar-refractivity contribution >= 4 is 46.2 Å². The van der Waals surface area contributed by atoms with Crippen molar-refractivity contribution in [1.82, 2.24) is 5.43 Å². The van der Waals surface area contributed by atoms with Crippen LogP contribution >= 0.6 is 22.9 Å². The third kappa shape index (κ3) is 5.92. The lowest BCUT2D eigenvalue weighted by atomic mass is 10.1. The molecule has 0 unspecified atom stereocenters. The number of amides is 2. The summed E-state index contributed by atoms with van der Waals surface area (Å²) in [5, 5.41) is 9.43. The van der Waals surface area contributed by atoms with Gasteiger partial charge < -0.3 is 10.1 Å². The first-order valence-corrected chi connectivity index (χ1v) is 10.4. The molecule has 2 aromatic carbocycles. The van der Waals surface area contributed by atoms with E-state index in [1.54, 1.807) is 43.3 Å². The molecule has 0 radical (unpaired) electrons. The Labute approximate surface area is 183 Å². The summed E-state index contributed by atoms with van der Waals surface area (Å²) in [5.74, 6) is 0.0370. The topological polar surface area (TPSA) is 79.8 Å². The number of anilines is 1. The van der Waals surface area contributed by atoms with Gasteiger partial charge in [0.05, 0.1) is 10.6 Å². The van der Waals surface area contributed by atoms with Gasteiger partial charge in [-0.1, -0.05) is 29.8 Å². The average Bonchev–Trinajstić information content (AvgIpc) is 3.26. The molecule has 0 bridgehead atoms. The van der Waals surface area contributed by atoms with Crippen molar-refractivity contribution < 1.29 is 14.3 Å². The van der Waals surface area contributed by atoms with Gasteiger partial charge in [-0.25, -0.2) is 5.43 Å². The Balaban J connectivity index is 1.57. The number of hydrogen-bond acceptors (Lipinski definition) is 5. The van der Waals surface area contributed by atoms with E-state index in [2.05, 4.69) is 15.8 Å². The van der Waals surface area contributed by atoms with Gasteiger partial charge >= 0.3 is 0 Å². The summed E-state index contributed by atoms with van der Waals surface area (Å²) in [7, 11) is 0. The second kappa shape index (κ2) is 10.0. The van der Waals surface area contributed by atoms with Crippen LogP contribution in [0.25, 0.3) is 0 Å². The van der Waals surface area contributed by atoms with Crippen LogP contribution in [0.2, 0.25) is 5.02 Å². The largest absolute Gasteiger partial charge is 0.483 e. The lowest BCUT2D eigenvalue weighted by Gasteiger charge is -2.09. The second-order valence-electron chi connectivity index (χ2n) is 6.44. The Kier molecular flexibility index (Phi) is 7.21. The fraction of sp³-hybridized carbons (Fsp3) is 0.136. The summed E-state index contributed by atoms with van der Waals surface area (Å²) in [6, 6.07) is 16.0. The molecule has 0 spiro atoms. The van der Waals surface area contributed by atoms with E-state index < -0.39 is 0 Å². The Hall–Kier alpha value is -3.16. The van der Waals surface area contributed by atoms with Crippen molar-refractivity contribution in [1.29, 1.82) is 0 Å². The summed E-state index contributed by atoms with van der Waals surface area (Å²) in [6.45, 7) is 3.45.